The van der Waals surface area contributed by atoms with Crippen LogP contribution in [0.5, 0.6) is 0 Å². The number of nitrogens with zero attached hydrogens (tertiary/aromatic N) is 2. The van der Waals surface area contributed by atoms with Crippen molar-refractivity contribution in [2.75, 3.05) is 6.54 Å². The molecule has 18 heavy (non-hydrogen) atoms. The number of hydrogen-bond acceptors (Lipinski definition) is 5. The van der Waals surface area contributed by atoms with Crippen LogP contribution in [0.15, 0.2) is 34.1 Å². The second-order valence-corrected chi connectivity index (χ2v) is 5.70. The van der Waals surface area contributed by atoms with E-state index in [1.807, 2.05) is 17.5 Å². The Hall–Kier alpha value is -1.49. The zero-order valence-electron chi connectivity index (χ0n) is 10.0. The molecule has 0 radical (unpaired) electrons. The Morgan fingerprint density at radius 3 is 2.72 bits per heavy atom. The highest BCUT2D eigenvalue weighted by Gasteiger charge is 2.30. The van der Waals surface area contributed by atoms with E-state index < -0.39 is 0 Å². The van der Waals surface area contributed by atoms with Crippen molar-refractivity contribution in [1.82, 2.24) is 4.90 Å². The first-order valence-electron chi connectivity index (χ1n) is 6.26. The lowest BCUT2D eigenvalue weighted by atomic mass is 10.1. The normalized spacial score (nSPS) is 21.6. The molecule has 0 amide bonds. The summed E-state index contributed by atoms with van der Waals surface area (Å²) in [7, 11) is 0. The smallest absolute Gasteiger partial charge is 0.253 e. The summed E-state index contributed by atoms with van der Waals surface area (Å²) in [5.41, 5.74) is 0. The largest absolute Gasteiger partial charge is 0.506 e. The Kier molecular flexibility index (Phi) is 2.99. The summed E-state index contributed by atoms with van der Waals surface area (Å²) >= 11 is 1.61. The Bertz CT molecular complexity index is 487. The highest BCUT2D eigenvalue weighted by Crippen LogP contribution is 2.29. The maximum Gasteiger partial charge on any atom is 0.253 e. The molecule has 0 atom stereocenters. The molecule has 0 bridgehead atoms. The third kappa shape index (κ3) is 1.99. The maximum absolute atomic E-state index is 9.71. The van der Waals surface area contributed by atoms with Gasteiger partial charge < -0.3 is 15.1 Å². The fourth-order valence-electron chi connectivity index (χ4n) is 2.66. The van der Waals surface area contributed by atoms with Gasteiger partial charge in [0.2, 0.25) is 0 Å². The van der Waals surface area contributed by atoms with Crippen molar-refractivity contribution in [3.63, 3.8) is 0 Å². The molecule has 1 aliphatic carbocycles. The Balaban J connectivity index is 1.96. The number of aliphatic hydroxyl groups is 2. The number of aliphatic hydroxyl groups excluding tert-OH is 2. The molecule has 3 rings (SSSR count). The van der Waals surface area contributed by atoms with Crippen molar-refractivity contribution < 1.29 is 10.2 Å². The van der Waals surface area contributed by atoms with Crippen LogP contribution < -0.4 is 0 Å². The van der Waals surface area contributed by atoms with Gasteiger partial charge in [0.1, 0.15) is 0 Å². The third-order valence-corrected chi connectivity index (χ3v) is 4.43. The highest BCUT2D eigenvalue weighted by molar-refractivity contribution is 7.12. The molecular formula is C13H16N2O2S. The summed E-state index contributed by atoms with van der Waals surface area (Å²) in [5, 5.41) is 21.3. The molecule has 2 N–H and O–H groups in total. The van der Waals surface area contributed by atoms with Crippen LogP contribution in [0.3, 0.4) is 0 Å². The van der Waals surface area contributed by atoms with Gasteiger partial charge in [-0.25, -0.2) is 0 Å². The SMILES string of the molecule is OC1=C(O)N=C(c2cccs2)N(C2CCCC2)C1. The first-order chi connectivity index (χ1) is 8.75. The van der Waals surface area contributed by atoms with E-state index in [2.05, 4.69) is 9.89 Å². The van der Waals surface area contributed by atoms with Gasteiger partial charge in [0.15, 0.2) is 11.6 Å². The summed E-state index contributed by atoms with van der Waals surface area (Å²) in [6.45, 7) is 0.368. The van der Waals surface area contributed by atoms with Crippen LogP contribution in [0, 0.1) is 0 Å². The molecule has 0 saturated heterocycles. The molecule has 4 nitrogen and oxygen atoms in total. The van der Waals surface area contributed by atoms with Gasteiger partial charge in [-0.1, -0.05) is 18.9 Å². The van der Waals surface area contributed by atoms with Gasteiger partial charge in [0.05, 0.1) is 11.4 Å². The number of hydrogen-bond donors (Lipinski definition) is 2. The van der Waals surface area contributed by atoms with Crippen molar-refractivity contribution in [2.45, 2.75) is 31.7 Å². The van der Waals surface area contributed by atoms with E-state index in [0.717, 1.165) is 23.6 Å². The number of aliphatic imine (C=N–C) groups is 1. The zero-order valence-corrected chi connectivity index (χ0v) is 10.9. The highest BCUT2D eigenvalue weighted by atomic mass is 32.1. The average molecular weight is 264 g/mol. The standard InChI is InChI=1S/C13H16N2O2S/c16-10-8-15(9-4-1-2-5-9)12(14-13(10)17)11-6-3-7-18-11/h3,6-7,9,16-17H,1-2,4-5,8H2. The first-order valence-corrected chi connectivity index (χ1v) is 7.14. The maximum atomic E-state index is 9.71. The van der Waals surface area contributed by atoms with Gasteiger partial charge in [-0.05, 0) is 24.3 Å². The lowest BCUT2D eigenvalue weighted by Crippen LogP contribution is -2.42. The molecule has 2 heterocycles. The molecule has 1 aromatic heterocycles. The van der Waals surface area contributed by atoms with Crippen LogP contribution >= 0.6 is 11.3 Å². The van der Waals surface area contributed by atoms with E-state index in [9.17, 15) is 10.2 Å². The van der Waals surface area contributed by atoms with Crippen LogP contribution in [0.4, 0.5) is 0 Å². The lowest BCUT2D eigenvalue weighted by Gasteiger charge is -2.33. The Morgan fingerprint density at radius 1 is 1.28 bits per heavy atom. The summed E-state index contributed by atoms with van der Waals surface area (Å²) in [5.74, 6) is 0.530. The van der Waals surface area contributed by atoms with Crippen molar-refractivity contribution >= 4 is 17.2 Å². The van der Waals surface area contributed by atoms with Crippen LogP contribution in [-0.4, -0.2) is 33.5 Å². The predicted octanol–water partition coefficient (Wildman–Crippen LogP) is 3.04. The molecule has 5 heteroatoms. The van der Waals surface area contributed by atoms with Crippen LogP contribution in [0.25, 0.3) is 0 Å². The van der Waals surface area contributed by atoms with E-state index in [1.165, 1.54) is 12.8 Å². The van der Waals surface area contributed by atoms with E-state index >= 15 is 0 Å². The van der Waals surface area contributed by atoms with E-state index in [1.54, 1.807) is 11.3 Å². The molecule has 0 spiro atoms. The van der Waals surface area contributed by atoms with Gasteiger partial charge >= 0.3 is 0 Å². The van der Waals surface area contributed by atoms with Crippen molar-refractivity contribution in [3.05, 3.63) is 34.0 Å². The molecule has 1 fully saturated rings. The van der Waals surface area contributed by atoms with Gasteiger partial charge in [0, 0.05) is 6.04 Å². The zero-order chi connectivity index (χ0) is 12.5. The monoisotopic (exact) mass is 264 g/mol. The second kappa shape index (κ2) is 4.65. The van der Waals surface area contributed by atoms with Crippen LogP contribution in [0.1, 0.15) is 30.6 Å². The van der Waals surface area contributed by atoms with E-state index in [4.69, 9.17) is 0 Å². The summed E-state index contributed by atoms with van der Waals surface area (Å²) < 4.78 is 0. The molecule has 0 unspecified atom stereocenters. The Labute approximate surface area is 110 Å². The van der Waals surface area contributed by atoms with Crippen LogP contribution in [-0.2, 0) is 0 Å². The number of thiophene rings is 1. The summed E-state index contributed by atoms with van der Waals surface area (Å²) in [6.07, 6.45) is 4.74. The summed E-state index contributed by atoms with van der Waals surface area (Å²) in [4.78, 5) is 7.35. The predicted molar refractivity (Wildman–Crippen MR) is 72.1 cm³/mol. The molecule has 1 saturated carbocycles. The molecule has 2 aliphatic rings. The van der Waals surface area contributed by atoms with Crippen molar-refractivity contribution in [2.24, 2.45) is 4.99 Å². The number of rotatable bonds is 2. The van der Waals surface area contributed by atoms with E-state index in [-0.39, 0.29) is 11.6 Å². The minimum absolute atomic E-state index is 0.0257. The van der Waals surface area contributed by atoms with Gasteiger partial charge in [-0.2, -0.15) is 4.99 Å². The fourth-order valence-corrected chi connectivity index (χ4v) is 3.39. The molecule has 96 valence electrons. The Morgan fingerprint density at radius 2 is 2.06 bits per heavy atom. The number of amidine groups is 1. The molecule has 0 aromatic carbocycles. The van der Waals surface area contributed by atoms with Crippen molar-refractivity contribution in [1.29, 1.82) is 0 Å². The summed E-state index contributed by atoms with van der Waals surface area (Å²) in [6, 6.07) is 4.41. The van der Waals surface area contributed by atoms with Crippen LogP contribution in [0.2, 0.25) is 0 Å². The molecule has 1 aromatic rings. The minimum Gasteiger partial charge on any atom is -0.506 e. The lowest BCUT2D eigenvalue weighted by molar-refractivity contribution is 0.238. The topological polar surface area (TPSA) is 56.1 Å². The van der Waals surface area contributed by atoms with Gasteiger partial charge in [-0.15, -0.1) is 11.3 Å². The van der Waals surface area contributed by atoms with Gasteiger partial charge in [0.25, 0.3) is 5.88 Å². The minimum atomic E-state index is -0.243. The average Bonchev–Trinajstić information content (AvgIpc) is 3.02. The fraction of sp³-hybridized carbons (Fsp3) is 0.462. The molecule has 1 aliphatic heterocycles. The quantitative estimate of drug-likeness (QED) is 0.863. The third-order valence-electron chi connectivity index (χ3n) is 3.57. The van der Waals surface area contributed by atoms with E-state index in [0.29, 0.717) is 12.6 Å². The second-order valence-electron chi connectivity index (χ2n) is 4.75. The first kappa shape index (κ1) is 11.6. The van der Waals surface area contributed by atoms with Gasteiger partial charge in [-0.3, -0.25) is 0 Å². The van der Waals surface area contributed by atoms with Crippen molar-refractivity contribution in [3.8, 4) is 0 Å². The molecular weight excluding hydrogens is 248 g/mol.